The Kier molecular flexibility index (Phi) is 3.28. The molecule has 0 radical (unpaired) electrons. The second-order valence-corrected chi connectivity index (χ2v) is 4.65. The molecule has 1 aromatic carbocycles. The molecule has 0 spiro atoms. The number of halogens is 1. The first-order valence-electron chi connectivity index (χ1n) is 5.09. The van der Waals surface area contributed by atoms with Crippen LogP contribution in [0.5, 0.6) is 0 Å². The number of nitrogens with zero attached hydrogens (tertiary/aromatic N) is 2. The number of rotatable bonds is 3. The molecule has 2 rings (SSSR count). The van der Waals surface area contributed by atoms with Crippen LogP contribution in [0.1, 0.15) is 11.3 Å². The fourth-order valence-corrected chi connectivity index (χ4v) is 1.82. The van der Waals surface area contributed by atoms with E-state index in [1.54, 1.807) is 10.9 Å². The van der Waals surface area contributed by atoms with Gasteiger partial charge in [0.15, 0.2) is 0 Å². The number of hydrogen-bond acceptors (Lipinski definition) is 2. The first-order chi connectivity index (χ1) is 8.06. The Hall–Kier alpha value is -1.62. The molecule has 4 nitrogen and oxygen atoms in total. The fourth-order valence-electron chi connectivity index (χ4n) is 1.56. The molecule has 0 atom stereocenters. The SMILES string of the molecule is Cc1nn(-c2ccc(Br)cc2)cc1CC(=O)O. The van der Waals surface area contributed by atoms with Crippen molar-refractivity contribution in [1.82, 2.24) is 9.78 Å². The van der Waals surface area contributed by atoms with Crippen molar-refractivity contribution in [3.63, 3.8) is 0 Å². The van der Waals surface area contributed by atoms with Crippen LogP contribution in [0.4, 0.5) is 0 Å². The second-order valence-electron chi connectivity index (χ2n) is 3.73. The summed E-state index contributed by atoms with van der Waals surface area (Å²) in [5.74, 6) is -0.844. The number of carboxylic acids is 1. The minimum absolute atomic E-state index is 0.00234. The predicted molar refractivity (Wildman–Crippen MR) is 67.3 cm³/mol. The van der Waals surface area contributed by atoms with Gasteiger partial charge >= 0.3 is 5.97 Å². The number of benzene rings is 1. The molecule has 0 aliphatic heterocycles. The molecule has 0 bridgehead atoms. The van der Waals surface area contributed by atoms with E-state index in [9.17, 15) is 4.79 Å². The molecule has 0 fully saturated rings. The van der Waals surface area contributed by atoms with Crippen LogP contribution < -0.4 is 0 Å². The van der Waals surface area contributed by atoms with Crippen molar-refractivity contribution < 1.29 is 9.90 Å². The fraction of sp³-hybridized carbons (Fsp3) is 0.167. The molecule has 0 aliphatic carbocycles. The second kappa shape index (κ2) is 4.71. The van der Waals surface area contributed by atoms with E-state index in [-0.39, 0.29) is 6.42 Å². The Labute approximate surface area is 107 Å². The summed E-state index contributed by atoms with van der Waals surface area (Å²) in [6.07, 6.45) is 1.76. The Bertz CT molecular complexity index is 546. The van der Waals surface area contributed by atoms with E-state index in [4.69, 9.17) is 5.11 Å². The van der Waals surface area contributed by atoms with Crippen LogP contribution in [-0.2, 0) is 11.2 Å². The van der Waals surface area contributed by atoms with Gasteiger partial charge in [0.05, 0.1) is 17.8 Å². The number of carbonyl (C=O) groups is 1. The van der Waals surface area contributed by atoms with Crippen molar-refractivity contribution in [3.8, 4) is 5.69 Å². The maximum atomic E-state index is 10.7. The lowest BCUT2D eigenvalue weighted by Gasteiger charge is -2.00. The molecule has 1 heterocycles. The van der Waals surface area contributed by atoms with Gasteiger partial charge < -0.3 is 5.11 Å². The summed E-state index contributed by atoms with van der Waals surface area (Å²) in [6, 6.07) is 7.68. The lowest BCUT2D eigenvalue weighted by Crippen LogP contribution is -2.00. The Morgan fingerprint density at radius 2 is 2.06 bits per heavy atom. The summed E-state index contributed by atoms with van der Waals surface area (Å²) >= 11 is 3.36. The summed E-state index contributed by atoms with van der Waals surface area (Å²) in [7, 11) is 0. The maximum Gasteiger partial charge on any atom is 0.307 e. The topological polar surface area (TPSA) is 55.1 Å². The molecular weight excluding hydrogens is 284 g/mol. The van der Waals surface area contributed by atoms with E-state index in [1.165, 1.54) is 0 Å². The number of hydrogen-bond donors (Lipinski definition) is 1. The van der Waals surface area contributed by atoms with Gasteiger partial charge in [-0.2, -0.15) is 5.10 Å². The van der Waals surface area contributed by atoms with Crippen LogP contribution >= 0.6 is 15.9 Å². The van der Waals surface area contributed by atoms with Gasteiger partial charge in [0.25, 0.3) is 0 Å². The molecule has 5 heteroatoms. The summed E-state index contributed by atoms with van der Waals surface area (Å²) in [4.78, 5) is 10.7. The van der Waals surface area contributed by atoms with Crippen LogP contribution in [0.3, 0.4) is 0 Å². The van der Waals surface area contributed by atoms with Crippen LogP contribution in [-0.4, -0.2) is 20.9 Å². The Morgan fingerprint density at radius 1 is 1.41 bits per heavy atom. The molecule has 0 saturated heterocycles. The lowest BCUT2D eigenvalue weighted by molar-refractivity contribution is -0.136. The van der Waals surface area contributed by atoms with Gasteiger partial charge in [0.1, 0.15) is 0 Å². The van der Waals surface area contributed by atoms with Gasteiger partial charge in [-0.15, -0.1) is 0 Å². The zero-order chi connectivity index (χ0) is 12.4. The first kappa shape index (κ1) is 11.9. The van der Waals surface area contributed by atoms with Gasteiger partial charge in [0.2, 0.25) is 0 Å². The van der Waals surface area contributed by atoms with Gasteiger partial charge in [0, 0.05) is 16.2 Å². The Balaban J connectivity index is 2.34. The van der Waals surface area contributed by atoms with Crippen molar-refractivity contribution in [1.29, 1.82) is 0 Å². The van der Waals surface area contributed by atoms with Crippen molar-refractivity contribution >= 4 is 21.9 Å². The molecule has 88 valence electrons. The predicted octanol–water partition coefficient (Wildman–Crippen LogP) is 2.57. The minimum atomic E-state index is -0.844. The zero-order valence-electron chi connectivity index (χ0n) is 9.22. The van der Waals surface area contributed by atoms with Gasteiger partial charge in [-0.25, -0.2) is 4.68 Å². The molecule has 1 N–H and O–H groups in total. The van der Waals surface area contributed by atoms with Crippen LogP contribution in [0.2, 0.25) is 0 Å². The highest BCUT2D eigenvalue weighted by Crippen LogP contribution is 2.15. The van der Waals surface area contributed by atoms with Gasteiger partial charge in [-0.05, 0) is 31.2 Å². The highest BCUT2D eigenvalue weighted by Gasteiger charge is 2.09. The molecule has 0 unspecified atom stereocenters. The molecule has 1 aromatic heterocycles. The van der Waals surface area contributed by atoms with Crippen LogP contribution in [0.15, 0.2) is 34.9 Å². The molecular formula is C12H11BrN2O2. The van der Waals surface area contributed by atoms with Crippen molar-refractivity contribution in [2.45, 2.75) is 13.3 Å². The Morgan fingerprint density at radius 3 is 2.65 bits per heavy atom. The van der Waals surface area contributed by atoms with Crippen molar-refractivity contribution in [2.24, 2.45) is 0 Å². The molecule has 0 aliphatic rings. The quantitative estimate of drug-likeness (QED) is 0.947. The standard InChI is InChI=1S/C12H11BrN2O2/c1-8-9(6-12(16)17)7-15(14-8)11-4-2-10(13)3-5-11/h2-5,7H,6H2,1H3,(H,16,17). The molecule has 2 aromatic rings. The average Bonchev–Trinajstić information content (AvgIpc) is 2.60. The van der Waals surface area contributed by atoms with E-state index >= 15 is 0 Å². The third kappa shape index (κ3) is 2.74. The summed E-state index contributed by atoms with van der Waals surface area (Å²) < 4.78 is 2.69. The summed E-state index contributed by atoms with van der Waals surface area (Å²) in [5.41, 5.74) is 2.39. The third-order valence-electron chi connectivity index (χ3n) is 2.43. The zero-order valence-corrected chi connectivity index (χ0v) is 10.8. The van der Waals surface area contributed by atoms with Gasteiger partial charge in [-0.3, -0.25) is 4.79 Å². The number of carboxylic acid groups (broad SMARTS) is 1. The number of aryl methyl sites for hydroxylation is 1. The smallest absolute Gasteiger partial charge is 0.307 e. The van der Waals surface area contributed by atoms with E-state index in [1.807, 2.05) is 31.2 Å². The van der Waals surface area contributed by atoms with E-state index in [2.05, 4.69) is 21.0 Å². The highest BCUT2D eigenvalue weighted by molar-refractivity contribution is 9.10. The molecule has 0 saturated carbocycles. The molecule has 17 heavy (non-hydrogen) atoms. The number of aromatic nitrogens is 2. The van der Waals surface area contributed by atoms with E-state index < -0.39 is 5.97 Å². The monoisotopic (exact) mass is 294 g/mol. The maximum absolute atomic E-state index is 10.7. The van der Waals surface area contributed by atoms with E-state index in [0.29, 0.717) is 0 Å². The van der Waals surface area contributed by atoms with Crippen molar-refractivity contribution in [2.75, 3.05) is 0 Å². The van der Waals surface area contributed by atoms with E-state index in [0.717, 1.165) is 21.4 Å². The van der Waals surface area contributed by atoms with Crippen LogP contribution in [0, 0.1) is 6.92 Å². The summed E-state index contributed by atoms with van der Waals surface area (Å²) in [6.45, 7) is 1.81. The third-order valence-corrected chi connectivity index (χ3v) is 2.96. The lowest BCUT2D eigenvalue weighted by atomic mass is 10.2. The van der Waals surface area contributed by atoms with Crippen molar-refractivity contribution in [3.05, 3.63) is 46.2 Å². The summed E-state index contributed by atoms with van der Waals surface area (Å²) in [5, 5.41) is 13.1. The minimum Gasteiger partial charge on any atom is -0.481 e. The highest BCUT2D eigenvalue weighted by atomic mass is 79.9. The largest absolute Gasteiger partial charge is 0.481 e. The van der Waals surface area contributed by atoms with Gasteiger partial charge in [-0.1, -0.05) is 15.9 Å². The molecule has 0 amide bonds. The number of aliphatic carboxylic acids is 1. The van der Waals surface area contributed by atoms with Crippen LogP contribution in [0.25, 0.3) is 5.69 Å². The average molecular weight is 295 g/mol. The first-order valence-corrected chi connectivity index (χ1v) is 5.88. The normalized spacial score (nSPS) is 10.5.